The Morgan fingerprint density at radius 2 is 2.06 bits per heavy atom. The molecule has 2 unspecified atom stereocenters. The molecule has 0 aliphatic carbocycles. The highest BCUT2D eigenvalue weighted by atomic mass is 32.1. The van der Waals surface area contributed by atoms with Crippen molar-refractivity contribution in [1.82, 2.24) is 20.5 Å². The third kappa shape index (κ3) is 5.83. The molecule has 2 saturated heterocycles. The molecule has 0 spiro atoms. The number of rotatable bonds is 7. The quantitative estimate of drug-likeness (QED) is 0.639. The number of carbonyl (C=O) groups excluding carboxylic acids is 2. The van der Waals surface area contributed by atoms with Gasteiger partial charge in [0.25, 0.3) is 5.91 Å². The predicted molar refractivity (Wildman–Crippen MR) is 125 cm³/mol. The predicted octanol–water partition coefficient (Wildman–Crippen LogP) is 3.82. The Morgan fingerprint density at radius 3 is 2.81 bits per heavy atom. The average Bonchev–Trinajstić information content (AvgIpc) is 3.24. The fraction of sp³-hybridized carbons (Fsp3) is 0.625. The largest absolute Gasteiger partial charge is 0.351 e. The van der Waals surface area contributed by atoms with Gasteiger partial charge >= 0.3 is 0 Å². The molecule has 2 amide bonds. The number of likely N-dealkylation sites (tertiary alicyclic amines) is 1. The zero-order valence-electron chi connectivity index (χ0n) is 18.4. The zero-order chi connectivity index (χ0) is 21.6. The maximum Gasteiger partial charge on any atom is 0.261 e. The van der Waals surface area contributed by atoms with Crippen LogP contribution in [-0.2, 0) is 4.79 Å². The molecule has 2 aromatic heterocycles. The summed E-state index contributed by atoms with van der Waals surface area (Å²) in [7, 11) is 0. The highest BCUT2D eigenvalue weighted by Crippen LogP contribution is 2.26. The molecule has 31 heavy (non-hydrogen) atoms. The number of piperidine rings is 2. The monoisotopic (exact) mass is 442 g/mol. The number of fused-ring (bicyclic) bond motifs is 1. The van der Waals surface area contributed by atoms with Gasteiger partial charge in [0, 0.05) is 44.6 Å². The van der Waals surface area contributed by atoms with Crippen LogP contribution in [0.2, 0.25) is 0 Å². The summed E-state index contributed by atoms with van der Waals surface area (Å²) in [5, 5.41) is 7.57. The molecule has 2 aliphatic heterocycles. The Morgan fingerprint density at radius 1 is 1.23 bits per heavy atom. The van der Waals surface area contributed by atoms with Crippen molar-refractivity contribution in [3.8, 4) is 0 Å². The van der Waals surface area contributed by atoms with Crippen LogP contribution in [0, 0.1) is 11.8 Å². The first-order chi connectivity index (χ1) is 15.1. The average molecular weight is 443 g/mol. The van der Waals surface area contributed by atoms with Crippen molar-refractivity contribution in [2.24, 2.45) is 11.8 Å². The standard InChI is InChI=1S/C24H34N4O2S/c1-17-5-6-20(15-27-17)24(30)28-12-8-18(9-13-28)4-2-3-10-26-23(29)21-14-19-7-11-25-16-22(19)31-21/h7,11,14,16-18,20,27H,2-6,8-10,12-13,15H2,1H3,(H,26,29). The van der Waals surface area contributed by atoms with Gasteiger partial charge in [-0.2, -0.15) is 0 Å². The second-order valence-electron chi connectivity index (χ2n) is 9.13. The number of nitrogens with one attached hydrogen (secondary N) is 2. The summed E-state index contributed by atoms with van der Waals surface area (Å²) in [5.74, 6) is 1.25. The van der Waals surface area contributed by atoms with Crippen molar-refractivity contribution >= 4 is 33.2 Å². The number of nitrogens with zero attached hydrogens (tertiary/aromatic N) is 2. The number of unbranched alkanes of at least 4 members (excludes halogenated alkanes) is 1. The van der Waals surface area contributed by atoms with Crippen molar-refractivity contribution in [3.63, 3.8) is 0 Å². The Labute approximate surface area is 188 Å². The summed E-state index contributed by atoms with van der Waals surface area (Å²) in [6.07, 6.45) is 11.2. The van der Waals surface area contributed by atoms with Crippen LogP contribution in [0.15, 0.2) is 24.5 Å². The van der Waals surface area contributed by atoms with Crippen molar-refractivity contribution in [2.45, 2.75) is 57.9 Å². The Balaban J connectivity index is 1.10. The molecule has 0 saturated carbocycles. The highest BCUT2D eigenvalue weighted by molar-refractivity contribution is 7.20. The third-order valence-electron chi connectivity index (χ3n) is 6.81. The summed E-state index contributed by atoms with van der Waals surface area (Å²) >= 11 is 1.49. The molecule has 4 heterocycles. The van der Waals surface area contributed by atoms with Crippen LogP contribution in [0.5, 0.6) is 0 Å². The lowest BCUT2D eigenvalue weighted by atomic mass is 9.89. The van der Waals surface area contributed by atoms with Crippen molar-refractivity contribution in [3.05, 3.63) is 29.4 Å². The maximum atomic E-state index is 12.7. The van der Waals surface area contributed by atoms with Crippen molar-refractivity contribution in [1.29, 1.82) is 0 Å². The molecule has 2 atom stereocenters. The van der Waals surface area contributed by atoms with Gasteiger partial charge in [-0.05, 0) is 62.5 Å². The summed E-state index contributed by atoms with van der Waals surface area (Å²) in [5.41, 5.74) is 0. The van der Waals surface area contributed by atoms with Gasteiger partial charge in [-0.3, -0.25) is 14.6 Å². The number of thiophene rings is 1. The van der Waals surface area contributed by atoms with Gasteiger partial charge in [0.1, 0.15) is 0 Å². The van der Waals surface area contributed by atoms with E-state index in [1.807, 2.05) is 18.3 Å². The fourth-order valence-corrected chi connectivity index (χ4v) is 5.70. The lowest BCUT2D eigenvalue weighted by Gasteiger charge is -2.36. The molecule has 6 nitrogen and oxygen atoms in total. The number of hydrogen-bond donors (Lipinski definition) is 2. The minimum Gasteiger partial charge on any atom is -0.351 e. The number of amides is 2. The fourth-order valence-electron chi connectivity index (χ4n) is 4.75. The normalized spacial score (nSPS) is 22.5. The van der Waals surface area contributed by atoms with E-state index in [0.717, 1.165) is 79.7 Å². The Hall–Kier alpha value is -1.99. The van der Waals surface area contributed by atoms with Gasteiger partial charge in [-0.25, -0.2) is 0 Å². The molecule has 0 bridgehead atoms. The SMILES string of the molecule is CC1CCC(C(=O)N2CCC(CCCCNC(=O)c3cc4ccncc4s3)CC2)CN1. The second kappa shape index (κ2) is 10.6. The summed E-state index contributed by atoms with van der Waals surface area (Å²) < 4.78 is 1.05. The Bertz CT molecular complexity index is 850. The molecule has 168 valence electrons. The highest BCUT2D eigenvalue weighted by Gasteiger charge is 2.30. The van der Waals surface area contributed by atoms with Gasteiger partial charge in [-0.15, -0.1) is 11.3 Å². The Kier molecular flexibility index (Phi) is 7.56. The topological polar surface area (TPSA) is 74.3 Å². The van der Waals surface area contributed by atoms with Crippen molar-refractivity contribution in [2.75, 3.05) is 26.2 Å². The van der Waals surface area contributed by atoms with Crippen LogP contribution in [0.4, 0.5) is 0 Å². The zero-order valence-corrected chi connectivity index (χ0v) is 19.3. The minimum absolute atomic E-state index is 0.0135. The van der Waals surface area contributed by atoms with E-state index in [0.29, 0.717) is 17.9 Å². The van der Waals surface area contributed by atoms with Gasteiger partial charge < -0.3 is 15.5 Å². The first-order valence-corrected chi connectivity index (χ1v) is 12.6. The van der Waals surface area contributed by atoms with Crippen LogP contribution in [-0.4, -0.2) is 53.9 Å². The number of pyridine rings is 1. The van der Waals surface area contributed by atoms with Gasteiger partial charge in [0.15, 0.2) is 0 Å². The molecule has 2 aliphatic rings. The lowest BCUT2D eigenvalue weighted by molar-refractivity contribution is -0.137. The second-order valence-corrected chi connectivity index (χ2v) is 10.2. The molecule has 2 aromatic rings. The first-order valence-electron chi connectivity index (χ1n) is 11.7. The van der Waals surface area contributed by atoms with Gasteiger partial charge in [0.05, 0.1) is 15.5 Å². The van der Waals surface area contributed by atoms with Crippen LogP contribution in [0.1, 0.15) is 61.5 Å². The van der Waals surface area contributed by atoms with E-state index in [-0.39, 0.29) is 11.8 Å². The van der Waals surface area contributed by atoms with Crippen LogP contribution >= 0.6 is 11.3 Å². The molecular weight excluding hydrogens is 408 g/mol. The molecular formula is C24H34N4O2S. The van der Waals surface area contributed by atoms with E-state index < -0.39 is 0 Å². The van der Waals surface area contributed by atoms with E-state index in [4.69, 9.17) is 0 Å². The van der Waals surface area contributed by atoms with Crippen LogP contribution < -0.4 is 10.6 Å². The van der Waals surface area contributed by atoms with E-state index in [1.165, 1.54) is 17.8 Å². The summed E-state index contributed by atoms with van der Waals surface area (Å²) in [6.45, 7) is 5.57. The molecule has 7 heteroatoms. The van der Waals surface area contributed by atoms with E-state index in [1.54, 1.807) is 6.20 Å². The van der Waals surface area contributed by atoms with E-state index >= 15 is 0 Å². The number of carbonyl (C=O) groups is 2. The smallest absolute Gasteiger partial charge is 0.261 e. The van der Waals surface area contributed by atoms with Gasteiger partial charge in [-0.1, -0.05) is 12.8 Å². The summed E-state index contributed by atoms with van der Waals surface area (Å²) in [6, 6.07) is 4.42. The van der Waals surface area contributed by atoms with E-state index in [9.17, 15) is 9.59 Å². The number of aromatic nitrogens is 1. The first kappa shape index (κ1) is 22.2. The van der Waals surface area contributed by atoms with Crippen LogP contribution in [0.25, 0.3) is 10.1 Å². The summed E-state index contributed by atoms with van der Waals surface area (Å²) in [4.78, 5) is 32.1. The third-order valence-corrected chi connectivity index (χ3v) is 7.89. The molecule has 0 radical (unpaired) electrons. The number of hydrogen-bond acceptors (Lipinski definition) is 5. The lowest BCUT2D eigenvalue weighted by Crippen LogP contribution is -2.47. The molecule has 2 N–H and O–H groups in total. The van der Waals surface area contributed by atoms with Crippen molar-refractivity contribution < 1.29 is 9.59 Å². The van der Waals surface area contributed by atoms with Crippen LogP contribution in [0.3, 0.4) is 0 Å². The molecule has 0 aromatic carbocycles. The van der Waals surface area contributed by atoms with Gasteiger partial charge in [0.2, 0.25) is 5.91 Å². The van der Waals surface area contributed by atoms with E-state index in [2.05, 4.69) is 27.4 Å². The minimum atomic E-state index is 0.0135. The molecule has 2 fully saturated rings. The maximum absolute atomic E-state index is 12.7. The molecule has 4 rings (SSSR count).